The molecule has 8 aromatic carbocycles. The second-order valence-electron chi connectivity index (χ2n) is 16.4. The first-order valence-corrected chi connectivity index (χ1v) is 22.2. The number of rotatable bonds is 6. The van der Waals surface area contributed by atoms with E-state index in [1.807, 2.05) is 11.3 Å². The number of hydrogen-bond acceptors (Lipinski definition) is 3. The largest absolute Gasteiger partial charge is 0.460 e. The van der Waals surface area contributed by atoms with Crippen LogP contribution in [0.2, 0.25) is 0 Å². The third kappa shape index (κ3) is 5.43. The molecule has 3 nitrogen and oxygen atoms in total. The van der Waals surface area contributed by atoms with Gasteiger partial charge in [0.2, 0.25) is 0 Å². The van der Waals surface area contributed by atoms with Crippen molar-refractivity contribution in [2.75, 3.05) is 4.90 Å². The summed E-state index contributed by atoms with van der Waals surface area (Å²) in [6.07, 6.45) is 13.4. The van der Waals surface area contributed by atoms with Gasteiger partial charge in [0.25, 0.3) is 0 Å². The molecule has 2 aliphatic carbocycles. The van der Waals surface area contributed by atoms with Gasteiger partial charge in [-0.2, -0.15) is 0 Å². The van der Waals surface area contributed by atoms with Crippen molar-refractivity contribution in [2.45, 2.75) is 5.92 Å². The Balaban J connectivity index is 0.915. The average molecular weight is 811 g/mol. The lowest BCUT2D eigenvalue weighted by molar-refractivity contribution is 0.492. The molecule has 0 fully saturated rings. The third-order valence-electron chi connectivity index (χ3n) is 13.0. The van der Waals surface area contributed by atoms with Gasteiger partial charge in [0.15, 0.2) is 0 Å². The molecule has 0 amide bonds. The Hall–Kier alpha value is -7.66. The average Bonchev–Trinajstić information content (AvgIpc) is 4.03. The van der Waals surface area contributed by atoms with Crippen LogP contribution in [0.1, 0.15) is 17.2 Å². The molecule has 292 valence electrons. The standard InChI is InChI=1S/C58H38N2OS/c1-2-15-45-38(12-1)30-35-50-56-44(19-11-24-54(56)61-57(45)50)39-28-33-42(34-29-39)59(53-23-10-20-49-48-18-5-8-25-55(48)62-58(49)53)41-31-26-37(27-32-41)40-13-9-14-43(36-40)60-51-21-6-3-16-46(51)47-17-4-7-22-52(47)60/h1-36,38,45H. The number of aromatic nitrogens is 1. The second kappa shape index (κ2) is 14.0. The van der Waals surface area contributed by atoms with E-state index in [1.165, 1.54) is 69.6 Å². The first-order valence-electron chi connectivity index (χ1n) is 21.3. The van der Waals surface area contributed by atoms with Gasteiger partial charge in [0.1, 0.15) is 11.3 Å². The summed E-state index contributed by atoms with van der Waals surface area (Å²) in [4.78, 5) is 2.42. The SMILES string of the molecule is C1=CC2C=Cc3c(oc4cccc(-c5ccc(N(c6ccc(-c7cccc(-n8c9ccccc9c9ccccc98)c7)cc6)c6cccc7c6sc6ccccc67)cc5)c34)C2C=C1. The molecule has 4 heteroatoms. The number of furan rings is 1. The third-order valence-corrected chi connectivity index (χ3v) is 14.2. The smallest absolute Gasteiger partial charge is 0.135 e. The molecular formula is C58H38N2OS. The van der Waals surface area contributed by atoms with E-state index in [4.69, 9.17) is 4.42 Å². The summed E-state index contributed by atoms with van der Waals surface area (Å²) < 4.78 is 11.6. The Bertz CT molecular complexity index is 3600. The maximum absolute atomic E-state index is 6.62. The highest BCUT2D eigenvalue weighted by Crippen LogP contribution is 2.48. The predicted octanol–water partition coefficient (Wildman–Crippen LogP) is 16.6. The number of nitrogens with zero attached hydrogens (tertiary/aromatic N) is 2. The molecule has 3 aromatic heterocycles. The molecule has 2 atom stereocenters. The van der Waals surface area contributed by atoms with Crippen LogP contribution in [0.25, 0.3) is 87.0 Å². The Kier molecular flexibility index (Phi) is 7.91. The van der Waals surface area contributed by atoms with Gasteiger partial charge < -0.3 is 13.9 Å². The summed E-state index contributed by atoms with van der Waals surface area (Å²) in [5.74, 6) is 1.61. The first kappa shape index (κ1) is 35.1. The fourth-order valence-electron chi connectivity index (χ4n) is 10.1. The van der Waals surface area contributed by atoms with Crippen molar-refractivity contribution in [1.82, 2.24) is 4.57 Å². The molecule has 11 aromatic rings. The van der Waals surface area contributed by atoms with E-state index in [0.717, 1.165) is 39.7 Å². The number of benzene rings is 8. The van der Waals surface area contributed by atoms with Crippen LogP contribution in [0.15, 0.2) is 217 Å². The highest BCUT2D eigenvalue weighted by Gasteiger charge is 2.30. The Morgan fingerprint density at radius 3 is 1.97 bits per heavy atom. The molecule has 0 radical (unpaired) electrons. The van der Waals surface area contributed by atoms with E-state index < -0.39 is 0 Å². The van der Waals surface area contributed by atoms with Crippen molar-refractivity contribution in [3.05, 3.63) is 224 Å². The van der Waals surface area contributed by atoms with Crippen LogP contribution in [0.4, 0.5) is 17.1 Å². The quantitative estimate of drug-likeness (QED) is 0.167. The van der Waals surface area contributed by atoms with Crippen LogP contribution in [0.3, 0.4) is 0 Å². The van der Waals surface area contributed by atoms with Crippen molar-refractivity contribution in [1.29, 1.82) is 0 Å². The van der Waals surface area contributed by atoms with Crippen LogP contribution in [0.5, 0.6) is 0 Å². The number of para-hydroxylation sites is 2. The molecule has 2 unspecified atom stereocenters. The summed E-state index contributed by atoms with van der Waals surface area (Å²) in [5, 5.41) is 6.28. The highest BCUT2D eigenvalue weighted by atomic mass is 32.1. The van der Waals surface area contributed by atoms with Crippen molar-refractivity contribution < 1.29 is 4.42 Å². The molecule has 13 rings (SSSR count). The van der Waals surface area contributed by atoms with E-state index in [0.29, 0.717) is 5.92 Å². The van der Waals surface area contributed by atoms with Gasteiger partial charge in [-0.1, -0.05) is 152 Å². The minimum atomic E-state index is 0.225. The van der Waals surface area contributed by atoms with E-state index in [9.17, 15) is 0 Å². The minimum Gasteiger partial charge on any atom is -0.460 e. The summed E-state index contributed by atoms with van der Waals surface area (Å²) in [7, 11) is 0. The van der Waals surface area contributed by atoms with E-state index in [2.05, 4.69) is 228 Å². The van der Waals surface area contributed by atoms with E-state index in [1.54, 1.807) is 0 Å². The molecule has 3 heterocycles. The molecular weight excluding hydrogens is 773 g/mol. The second-order valence-corrected chi connectivity index (χ2v) is 17.4. The van der Waals surface area contributed by atoms with Gasteiger partial charge in [0.05, 0.1) is 21.4 Å². The topological polar surface area (TPSA) is 21.3 Å². The summed E-state index contributed by atoms with van der Waals surface area (Å²) >= 11 is 1.86. The molecule has 0 saturated carbocycles. The lowest BCUT2D eigenvalue weighted by Crippen LogP contribution is -2.11. The lowest BCUT2D eigenvalue weighted by Gasteiger charge is -2.26. The summed E-state index contributed by atoms with van der Waals surface area (Å²) in [6.45, 7) is 0. The summed E-state index contributed by atoms with van der Waals surface area (Å²) in [6, 6.07) is 66.4. The molecule has 0 bridgehead atoms. The number of allylic oxidation sites excluding steroid dienone is 5. The van der Waals surface area contributed by atoms with Crippen LogP contribution in [-0.2, 0) is 0 Å². The molecule has 0 saturated heterocycles. The number of hydrogen-bond donors (Lipinski definition) is 0. The maximum atomic E-state index is 6.62. The molecule has 0 spiro atoms. The summed E-state index contributed by atoms with van der Waals surface area (Å²) in [5.41, 5.74) is 13.8. The van der Waals surface area contributed by atoms with Crippen LogP contribution >= 0.6 is 11.3 Å². The van der Waals surface area contributed by atoms with Gasteiger partial charge in [-0.3, -0.25) is 0 Å². The molecule has 0 aliphatic heterocycles. The normalized spacial score (nSPS) is 15.5. The first-order chi connectivity index (χ1) is 30.7. The fourth-order valence-corrected chi connectivity index (χ4v) is 11.3. The van der Waals surface area contributed by atoms with Gasteiger partial charge in [-0.25, -0.2) is 0 Å². The van der Waals surface area contributed by atoms with Gasteiger partial charge in [-0.05, 0) is 89.0 Å². The predicted molar refractivity (Wildman–Crippen MR) is 263 cm³/mol. The van der Waals surface area contributed by atoms with Crippen molar-refractivity contribution in [3.63, 3.8) is 0 Å². The Labute approximate surface area is 363 Å². The maximum Gasteiger partial charge on any atom is 0.135 e. The van der Waals surface area contributed by atoms with Crippen molar-refractivity contribution >= 4 is 87.4 Å². The zero-order chi connectivity index (χ0) is 40.7. The van der Waals surface area contributed by atoms with Crippen molar-refractivity contribution in [3.8, 4) is 27.9 Å². The Morgan fingerprint density at radius 1 is 0.516 bits per heavy atom. The lowest BCUT2D eigenvalue weighted by atomic mass is 9.80. The minimum absolute atomic E-state index is 0.225. The number of fused-ring (bicyclic) bond motifs is 11. The van der Waals surface area contributed by atoms with E-state index >= 15 is 0 Å². The molecule has 62 heavy (non-hydrogen) atoms. The van der Waals surface area contributed by atoms with Crippen molar-refractivity contribution in [2.24, 2.45) is 5.92 Å². The van der Waals surface area contributed by atoms with Gasteiger partial charge in [0, 0.05) is 66.1 Å². The molecule has 0 N–H and O–H groups in total. The van der Waals surface area contributed by atoms with Crippen LogP contribution in [-0.4, -0.2) is 4.57 Å². The van der Waals surface area contributed by atoms with Crippen LogP contribution in [0, 0.1) is 5.92 Å². The van der Waals surface area contributed by atoms with Crippen LogP contribution < -0.4 is 4.90 Å². The Morgan fingerprint density at radius 2 is 1.18 bits per heavy atom. The van der Waals surface area contributed by atoms with E-state index in [-0.39, 0.29) is 5.92 Å². The zero-order valence-electron chi connectivity index (χ0n) is 33.7. The van der Waals surface area contributed by atoms with Gasteiger partial charge in [-0.15, -0.1) is 11.3 Å². The number of anilines is 3. The van der Waals surface area contributed by atoms with Gasteiger partial charge >= 0.3 is 0 Å². The fraction of sp³-hybridized carbons (Fsp3) is 0.0345. The number of thiophene rings is 1. The zero-order valence-corrected chi connectivity index (χ0v) is 34.5. The monoisotopic (exact) mass is 810 g/mol. The molecule has 2 aliphatic rings. The highest BCUT2D eigenvalue weighted by molar-refractivity contribution is 7.26.